The van der Waals surface area contributed by atoms with Crippen molar-refractivity contribution in [1.82, 2.24) is 0 Å². The molecule has 2 rings (SSSR count). The number of hydrogen-bond acceptors (Lipinski definition) is 2. The number of aryl methyl sites for hydroxylation is 1. The molecule has 2 heteroatoms. The fraction of sp³-hybridized carbons (Fsp3) is 0.222. The van der Waals surface area contributed by atoms with Gasteiger partial charge in [0.25, 0.3) is 0 Å². The van der Waals surface area contributed by atoms with Crippen LogP contribution >= 0.6 is 0 Å². The van der Waals surface area contributed by atoms with Gasteiger partial charge in [0, 0.05) is 6.21 Å². The van der Waals surface area contributed by atoms with Crippen molar-refractivity contribution in [3.05, 3.63) is 65.2 Å². The van der Waals surface area contributed by atoms with Gasteiger partial charge in [0.1, 0.15) is 0 Å². The van der Waals surface area contributed by atoms with Crippen molar-refractivity contribution in [2.45, 2.75) is 26.2 Å². The summed E-state index contributed by atoms with van der Waals surface area (Å²) in [5.74, 6) is 0. The van der Waals surface area contributed by atoms with Crippen molar-refractivity contribution >= 4 is 11.9 Å². The van der Waals surface area contributed by atoms with Crippen LogP contribution in [0, 0.1) is 11.3 Å². The second-order valence-corrected chi connectivity index (χ2v) is 4.76. The molecule has 0 amide bonds. The molecule has 2 nitrogen and oxygen atoms in total. The minimum absolute atomic E-state index is 0.657. The van der Waals surface area contributed by atoms with Crippen LogP contribution in [0.2, 0.25) is 0 Å². The van der Waals surface area contributed by atoms with E-state index in [-0.39, 0.29) is 0 Å². The zero-order valence-corrected chi connectivity index (χ0v) is 11.7. The number of unbranched alkanes of at least 4 members (excludes halogenated alkanes) is 1. The van der Waals surface area contributed by atoms with Gasteiger partial charge in [-0.1, -0.05) is 37.6 Å². The van der Waals surface area contributed by atoms with E-state index in [1.807, 2.05) is 18.3 Å². The molecule has 0 spiro atoms. The van der Waals surface area contributed by atoms with E-state index in [2.05, 4.69) is 42.3 Å². The lowest BCUT2D eigenvalue weighted by molar-refractivity contribution is 0.795. The quantitative estimate of drug-likeness (QED) is 0.722. The molecule has 0 bridgehead atoms. The Bertz CT molecular complexity index is 601. The van der Waals surface area contributed by atoms with E-state index >= 15 is 0 Å². The number of hydrogen-bond donors (Lipinski definition) is 0. The molecular weight excluding hydrogens is 244 g/mol. The Morgan fingerprint density at radius 1 is 1.05 bits per heavy atom. The first-order valence-corrected chi connectivity index (χ1v) is 6.95. The standard InChI is InChI=1S/C18H18N2/c1-2-3-4-15-5-7-17(8-6-15)14-20-18-11-9-16(13-19)10-12-18/h5-12,14H,2-4H2,1H3. The molecule has 0 saturated heterocycles. The first-order chi connectivity index (χ1) is 9.81. The van der Waals surface area contributed by atoms with Crippen molar-refractivity contribution < 1.29 is 0 Å². The maximum absolute atomic E-state index is 8.74. The lowest BCUT2D eigenvalue weighted by Gasteiger charge is -2.00. The summed E-state index contributed by atoms with van der Waals surface area (Å²) in [6.45, 7) is 2.21. The van der Waals surface area contributed by atoms with Crippen LogP contribution in [0.3, 0.4) is 0 Å². The molecule has 0 aliphatic carbocycles. The van der Waals surface area contributed by atoms with Crippen molar-refractivity contribution in [2.24, 2.45) is 4.99 Å². The molecule has 0 saturated carbocycles. The van der Waals surface area contributed by atoms with Gasteiger partial charge < -0.3 is 0 Å². The minimum atomic E-state index is 0.657. The number of aliphatic imine (C=N–C) groups is 1. The normalized spacial score (nSPS) is 10.6. The van der Waals surface area contributed by atoms with Gasteiger partial charge in [0.15, 0.2) is 0 Å². The minimum Gasteiger partial charge on any atom is -0.256 e. The van der Waals surface area contributed by atoms with Crippen molar-refractivity contribution in [1.29, 1.82) is 5.26 Å². The van der Waals surface area contributed by atoms with E-state index in [1.54, 1.807) is 12.1 Å². The fourth-order valence-corrected chi connectivity index (χ4v) is 1.92. The van der Waals surface area contributed by atoms with Crippen LogP contribution in [0.25, 0.3) is 0 Å². The van der Waals surface area contributed by atoms with Gasteiger partial charge in [0.2, 0.25) is 0 Å². The smallest absolute Gasteiger partial charge is 0.0991 e. The van der Waals surface area contributed by atoms with Gasteiger partial charge in [-0.25, -0.2) is 0 Å². The zero-order chi connectivity index (χ0) is 14.2. The molecular formula is C18H18N2. The van der Waals surface area contributed by atoms with E-state index in [0.717, 1.165) is 17.7 Å². The molecule has 20 heavy (non-hydrogen) atoms. The van der Waals surface area contributed by atoms with Gasteiger partial charge in [-0.3, -0.25) is 4.99 Å². The van der Waals surface area contributed by atoms with E-state index in [4.69, 9.17) is 5.26 Å². The van der Waals surface area contributed by atoms with Crippen LogP contribution in [0.5, 0.6) is 0 Å². The molecule has 0 heterocycles. The average molecular weight is 262 g/mol. The van der Waals surface area contributed by atoms with Gasteiger partial charge in [-0.2, -0.15) is 5.26 Å². The van der Waals surface area contributed by atoms with Crippen molar-refractivity contribution in [2.75, 3.05) is 0 Å². The largest absolute Gasteiger partial charge is 0.256 e. The average Bonchev–Trinajstić information content (AvgIpc) is 2.52. The molecule has 2 aromatic rings. The highest BCUT2D eigenvalue weighted by Crippen LogP contribution is 2.13. The molecule has 0 aliphatic rings. The summed E-state index contributed by atoms with van der Waals surface area (Å²) in [5, 5.41) is 8.74. The topological polar surface area (TPSA) is 36.1 Å². The summed E-state index contributed by atoms with van der Waals surface area (Å²) < 4.78 is 0. The van der Waals surface area contributed by atoms with E-state index in [0.29, 0.717) is 5.56 Å². The summed E-state index contributed by atoms with van der Waals surface area (Å²) in [6, 6.07) is 17.9. The third-order valence-corrected chi connectivity index (χ3v) is 3.16. The summed E-state index contributed by atoms with van der Waals surface area (Å²) >= 11 is 0. The van der Waals surface area contributed by atoms with E-state index in [1.165, 1.54) is 18.4 Å². The van der Waals surface area contributed by atoms with Crippen LogP contribution in [-0.2, 0) is 6.42 Å². The lowest BCUT2D eigenvalue weighted by atomic mass is 10.1. The maximum atomic E-state index is 8.74. The summed E-state index contributed by atoms with van der Waals surface area (Å²) in [7, 11) is 0. The third kappa shape index (κ3) is 4.07. The molecule has 0 radical (unpaired) electrons. The number of rotatable bonds is 5. The Hall–Kier alpha value is -2.40. The molecule has 0 unspecified atom stereocenters. The van der Waals surface area contributed by atoms with Gasteiger partial charge in [0.05, 0.1) is 17.3 Å². The molecule has 0 fully saturated rings. The van der Waals surface area contributed by atoms with E-state index in [9.17, 15) is 0 Å². The third-order valence-electron chi connectivity index (χ3n) is 3.16. The molecule has 0 atom stereocenters. The number of nitriles is 1. The monoisotopic (exact) mass is 262 g/mol. The molecule has 0 aliphatic heterocycles. The Labute approximate surface area is 120 Å². The maximum Gasteiger partial charge on any atom is 0.0991 e. The van der Waals surface area contributed by atoms with Gasteiger partial charge in [-0.05, 0) is 48.2 Å². The van der Waals surface area contributed by atoms with Crippen LogP contribution in [0.15, 0.2) is 53.5 Å². The molecule has 0 aromatic heterocycles. The predicted molar refractivity (Wildman–Crippen MR) is 83.5 cm³/mol. The highest BCUT2D eigenvalue weighted by Gasteiger charge is 1.94. The SMILES string of the molecule is CCCCc1ccc(C=Nc2ccc(C#N)cc2)cc1. The Balaban J connectivity index is 2.01. The Morgan fingerprint density at radius 2 is 1.75 bits per heavy atom. The summed E-state index contributed by atoms with van der Waals surface area (Å²) in [5.41, 5.74) is 3.99. The fourth-order valence-electron chi connectivity index (χ4n) is 1.92. The highest BCUT2D eigenvalue weighted by molar-refractivity contribution is 5.81. The van der Waals surface area contributed by atoms with Crippen LogP contribution in [0.4, 0.5) is 5.69 Å². The first-order valence-electron chi connectivity index (χ1n) is 6.95. The Morgan fingerprint density at radius 3 is 2.35 bits per heavy atom. The van der Waals surface area contributed by atoms with Crippen molar-refractivity contribution in [3.8, 4) is 6.07 Å². The number of benzene rings is 2. The highest BCUT2D eigenvalue weighted by atomic mass is 14.7. The predicted octanol–water partition coefficient (Wildman–Crippen LogP) is 4.65. The second-order valence-electron chi connectivity index (χ2n) is 4.76. The second kappa shape index (κ2) is 7.25. The lowest BCUT2D eigenvalue weighted by Crippen LogP contribution is -1.86. The van der Waals surface area contributed by atoms with Crippen LogP contribution in [-0.4, -0.2) is 6.21 Å². The van der Waals surface area contributed by atoms with Crippen LogP contribution < -0.4 is 0 Å². The Kier molecular flexibility index (Phi) is 5.08. The zero-order valence-electron chi connectivity index (χ0n) is 11.7. The first kappa shape index (κ1) is 14.0. The van der Waals surface area contributed by atoms with Gasteiger partial charge in [-0.15, -0.1) is 0 Å². The number of nitrogens with zero attached hydrogens (tertiary/aromatic N) is 2. The molecule has 2 aromatic carbocycles. The van der Waals surface area contributed by atoms with Gasteiger partial charge >= 0.3 is 0 Å². The van der Waals surface area contributed by atoms with Crippen LogP contribution in [0.1, 0.15) is 36.5 Å². The van der Waals surface area contributed by atoms with Crippen molar-refractivity contribution in [3.63, 3.8) is 0 Å². The van der Waals surface area contributed by atoms with E-state index < -0.39 is 0 Å². The molecule has 100 valence electrons. The summed E-state index contributed by atoms with van der Waals surface area (Å²) in [4.78, 5) is 4.41. The molecule has 0 N–H and O–H groups in total. The summed E-state index contributed by atoms with van der Waals surface area (Å²) in [6.07, 6.45) is 5.45.